The molecule has 1 aromatic heterocycles. The number of hydrogen-bond donors (Lipinski definition) is 0. The van der Waals surface area contributed by atoms with E-state index in [-0.39, 0.29) is 30.5 Å². The van der Waals surface area contributed by atoms with Crippen LogP contribution in [0.4, 0.5) is 14.5 Å². The molecule has 4 rings (SSSR count). The molecule has 150 valence electrons. The van der Waals surface area contributed by atoms with Crippen LogP contribution in [0.1, 0.15) is 29.6 Å². The third-order valence-corrected chi connectivity index (χ3v) is 4.96. The van der Waals surface area contributed by atoms with E-state index in [1.54, 1.807) is 7.11 Å². The normalized spacial score (nSPS) is 16.4. The molecule has 0 radical (unpaired) electrons. The van der Waals surface area contributed by atoms with E-state index in [4.69, 9.17) is 9.26 Å². The lowest BCUT2D eigenvalue weighted by molar-refractivity contribution is -0.117. The summed E-state index contributed by atoms with van der Waals surface area (Å²) >= 11 is 0. The van der Waals surface area contributed by atoms with Crippen LogP contribution in [0.15, 0.2) is 47.0 Å². The number of ether oxygens (including phenoxy) is 1. The average Bonchev–Trinajstić information content (AvgIpc) is 3.35. The predicted molar refractivity (Wildman–Crippen MR) is 101 cm³/mol. The molecule has 1 unspecified atom stereocenters. The van der Waals surface area contributed by atoms with E-state index in [0.29, 0.717) is 18.1 Å². The molecule has 1 aliphatic heterocycles. The van der Waals surface area contributed by atoms with E-state index in [0.717, 1.165) is 35.9 Å². The van der Waals surface area contributed by atoms with Crippen LogP contribution in [-0.4, -0.2) is 29.7 Å². The molecular weight excluding hydrogens is 380 g/mol. The van der Waals surface area contributed by atoms with Gasteiger partial charge in [-0.05, 0) is 36.2 Å². The largest absolute Gasteiger partial charge is 0.497 e. The van der Waals surface area contributed by atoms with Crippen molar-refractivity contribution in [2.45, 2.75) is 25.2 Å². The molecule has 6 nitrogen and oxygen atoms in total. The number of anilines is 1. The Morgan fingerprint density at radius 2 is 1.97 bits per heavy atom. The van der Waals surface area contributed by atoms with Gasteiger partial charge in [0.2, 0.25) is 11.8 Å². The molecule has 1 saturated heterocycles. The summed E-state index contributed by atoms with van der Waals surface area (Å²) in [6.07, 6.45) is 1.39. The number of benzene rings is 2. The van der Waals surface area contributed by atoms with Crippen molar-refractivity contribution in [1.82, 2.24) is 10.1 Å². The number of carbonyl (C=O) groups is 1. The monoisotopic (exact) mass is 399 g/mol. The van der Waals surface area contributed by atoms with Gasteiger partial charge >= 0.3 is 0 Å². The maximum atomic E-state index is 14.0. The van der Waals surface area contributed by atoms with Gasteiger partial charge < -0.3 is 14.2 Å². The molecule has 29 heavy (non-hydrogen) atoms. The zero-order valence-corrected chi connectivity index (χ0v) is 15.8. The smallest absolute Gasteiger partial charge is 0.227 e. The lowest BCUT2D eigenvalue weighted by Crippen LogP contribution is -2.25. The van der Waals surface area contributed by atoms with Crippen molar-refractivity contribution in [3.63, 3.8) is 0 Å². The Balaban J connectivity index is 1.41. The van der Waals surface area contributed by atoms with Crippen LogP contribution in [0.5, 0.6) is 5.75 Å². The predicted octanol–water partition coefficient (Wildman–Crippen LogP) is 3.66. The van der Waals surface area contributed by atoms with Crippen LogP contribution in [0, 0.1) is 11.6 Å². The van der Waals surface area contributed by atoms with Gasteiger partial charge in [-0.1, -0.05) is 17.3 Å². The van der Waals surface area contributed by atoms with Gasteiger partial charge in [-0.3, -0.25) is 4.79 Å². The van der Waals surface area contributed by atoms with Crippen molar-refractivity contribution in [2.75, 3.05) is 18.6 Å². The minimum atomic E-state index is -0.645. The van der Waals surface area contributed by atoms with Crippen molar-refractivity contribution < 1.29 is 22.8 Å². The van der Waals surface area contributed by atoms with E-state index in [2.05, 4.69) is 10.1 Å². The molecule has 0 aliphatic carbocycles. The molecule has 1 amide bonds. The number of hydrogen-bond acceptors (Lipinski definition) is 5. The van der Waals surface area contributed by atoms with E-state index < -0.39 is 11.6 Å². The van der Waals surface area contributed by atoms with Crippen molar-refractivity contribution in [1.29, 1.82) is 0 Å². The number of methoxy groups -OCH3 is 1. The minimum absolute atomic E-state index is 0.0688. The fourth-order valence-electron chi connectivity index (χ4n) is 3.38. The number of carbonyl (C=O) groups excluding carboxylic acids is 1. The number of rotatable bonds is 6. The first kappa shape index (κ1) is 19.0. The number of amides is 1. The van der Waals surface area contributed by atoms with Crippen LogP contribution in [0.25, 0.3) is 0 Å². The van der Waals surface area contributed by atoms with Crippen LogP contribution in [0.2, 0.25) is 0 Å². The molecule has 3 aromatic rings. The molecular formula is C21H19F2N3O3. The van der Waals surface area contributed by atoms with E-state index in [1.807, 2.05) is 24.3 Å². The summed E-state index contributed by atoms with van der Waals surface area (Å²) in [5.74, 6) is -0.209. The summed E-state index contributed by atoms with van der Waals surface area (Å²) < 4.78 is 37.9. The molecule has 1 atom stereocenters. The van der Waals surface area contributed by atoms with Gasteiger partial charge in [0, 0.05) is 31.4 Å². The van der Waals surface area contributed by atoms with Crippen LogP contribution in [0.3, 0.4) is 0 Å². The Morgan fingerprint density at radius 3 is 2.72 bits per heavy atom. The van der Waals surface area contributed by atoms with Gasteiger partial charge in [0.15, 0.2) is 5.82 Å². The van der Waals surface area contributed by atoms with Gasteiger partial charge in [-0.25, -0.2) is 8.78 Å². The maximum absolute atomic E-state index is 14.0. The first-order valence-corrected chi connectivity index (χ1v) is 9.24. The van der Waals surface area contributed by atoms with Crippen molar-refractivity contribution in [3.8, 4) is 5.75 Å². The second-order valence-corrected chi connectivity index (χ2v) is 6.90. The first-order valence-electron chi connectivity index (χ1n) is 9.24. The summed E-state index contributed by atoms with van der Waals surface area (Å²) in [5.41, 5.74) is 1.04. The van der Waals surface area contributed by atoms with Gasteiger partial charge in [0.25, 0.3) is 0 Å². The zero-order valence-electron chi connectivity index (χ0n) is 15.8. The summed E-state index contributed by atoms with van der Waals surface area (Å²) in [6.45, 7) is 0.177. The second kappa shape index (κ2) is 7.98. The molecule has 2 aromatic carbocycles. The van der Waals surface area contributed by atoms with Gasteiger partial charge in [0.05, 0.1) is 12.8 Å². The van der Waals surface area contributed by atoms with Crippen molar-refractivity contribution in [3.05, 3.63) is 71.4 Å². The SMILES string of the molecule is COc1ccc(CCc2nc(C3CC(=O)N(c4cc(F)ccc4F)C3)no2)cc1. The van der Waals surface area contributed by atoms with Crippen molar-refractivity contribution >= 4 is 11.6 Å². The Morgan fingerprint density at radius 1 is 1.17 bits per heavy atom. The molecule has 2 heterocycles. The highest BCUT2D eigenvalue weighted by Gasteiger charge is 2.35. The van der Waals surface area contributed by atoms with Crippen LogP contribution >= 0.6 is 0 Å². The topological polar surface area (TPSA) is 68.5 Å². The molecule has 1 aliphatic rings. The molecule has 1 fully saturated rings. The molecule has 0 saturated carbocycles. The van der Waals surface area contributed by atoms with Crippen molar-refractivity contribution in [2.24, 2.45) is 0 Å². The summed E-state index contributed by atoms with van der Waals surface area (Å²) in [4.78, 5) is 18.0. The van der Waals surface area contributed by atoms with Gasteiger partial charge in [-0.15, -0.1) is 0 Å². The summed E-state index contributed by atoms with van der Waals surface area (Å²) in [6, 6.07) is 10.8. The molecule has 8 heteroatoms. The fraction of sp³-hybridized carbons (Fsp3) is 0.286. The fourth-order valence-corrected chi connectivity index (χ4v) is 3.38. The number of aryl methyl sites for hydroxylation is 2. The average molecular weight is 399 g/mol. The van der Waals surface area contributed by atoms with E-state index in [9.17, 15) is 13.6 Å². The highest BCUT2D eigenvalue weighted by Crippen LogP contribution is 2.32. The number of nitrogens with zero attached hydrogens (tertiary/aromatic N) is 3. The summed E-state index contributed by atoms with van der Waals surface area (Å²) in [5, 5.41) is 3.99. The Labute approximate surface area is 166 Å². The Bertz CT molecular complexity index is 1020. The summed E-state index contributed by atoms with van der Waals surface area (Å²) in [7, 11) is 1.62. The second-order valence-electron chi connectivity index (χ2n) is 6.90. The molecule has 0 N–H and O–H groups in total. The standard InChI is InChI=1S/C21H19F2N3O3/c1-28-16-6-2-13(3-7-16)4-9-19-24-21(25-29-19)14-10-20(27)26(12-14)18-11-15(22)5-8-17(18)23/h2-3,5-8,11,14H,4,9-10,12H2,1H3. The molecule has 0 spiro atoms. The van der Waals surface area contributed by atoms with Crippen LogP contribution in [-0.2, 0) is 17.6 Å². The van der Waals surface area contributed by atoms with Crippen LogP contribution < -0.4 is 9.64 Å². The van der Waals surface area contributed by atoms with E-state index >= 15 is 0 Å². The maximum Gasteiger partial charge on any atom is 0.227 e. The lowest BCUT2D eigenvalue weighted by atomic mass is 10.1. The Kier molecular flexibility index (Phi) is 5.24. The molecule has 0 bridgehead atoms. The third-order valence-electron chi connectivity index (χ3n) is 4.96. The van der Waals surface area contributed by atoms with Gasteiger partial charge in [-0.2, -0.15) is 4.98 Å². The quantitative estimate of drug-likeness (QED) is 0.633. The minimum Gasteiger partial charge on any atom is -0.497 e. The highest BCUT2D eigenvalue weighted by molar-refractivity contribution is 5.96. The number of aromatic nitrogens is 2. The number of halogens is 2. The Hall–Kier alpha value is -3.29. The third kappa shape index (κ3) is 4.11. The lowest BCUT2D eigenvalue weighted by Gasteiger charge is -2.16. The first-order chi connectivity index (χ1) is 14.0. The highest BCUT2D eigenvalue weighted by atomic mass is 19.1. The van der Waals surface area contributed by atoms with E-state index in [1.165, 1.54) is 4.90 Å². The zero-order chi connectivity index (χ0) is 20.4. The van der Waals surface area contributed by atoms with Gasteiger partial charge in [0.1, 0.15) is 17.4 Å².